The van der Waals surface area contributed by atoms with Gasteiger partial charge in [-0.3, -0.25) is 4.90 Å². The Kier molecular flexibility index (Phi) is 6.15. The van der Waals surface area contributed by atoms with E-state index in [2.05, 4.69) is 20.8 Å². The first kappa shape index (κ1) is 16.8. The Morgan fingerprint density at radius 1 is 1.11 bits per heavy atom. The van der Waals surface area contributed by atoms with Crippen LogP contribution in [0.25, 0.3) is 0 Å². The van der Waals surface area contributed by atoms with E-state index in [1.165, 1.54) is 11.3 Å². The molecule has 19 heavy (non-hydrogen) atoms. The summed E-state index contributed by atoms with van der Waals surface area (Å²) in [6.07, 6.45) is 1.12. The molecule has 1 saturated carbocycles. The number of nitrogens with zero attached hydrogens (tertiary/aromatic N) is 1. The molecule has 0 N–H and O–H groups in total. The van der Waals surface area contributed by atoms with E-state index in [-0.39, 0.29) is 6.04 Å². The van der Waals surface area contributed by atoms with Crippen LogP contribution in [0.4, 0.5) is 13.2 Å². The monoisotopic (exact) mass is 279 g/mol. The van der Waals surface area contributed by atoms with Crippen molar-refractivity contribution >= 4 is 0 Å². The van der Waals surface area contributed by atoms with Crippen LogP contribution in [-0.2, 0) is 0 Å². The first-order valence-electron chi connectivity index (χ1n) is 7.51. The molecule has 0 heterocycles. The molecule has 1 aliphatic carbocycles. The summed E-state index contributed by atoms with van der Waals surface area (Å²) in [6.45, 7) is 5.97. The first-order valence-corrected chi connectivity index (χ1v) is 7.51. The van der Waals surface area contributed by atoms with Crippen LogP contribution in [0.5, 0.6) is 0 Å². The third-order valence-corrected chi connectivity index (χ3v) is 4.73. The number of alkyl halides is 3. The maximum absolute atomic E-state index is 12.4. The molecule has 0 saturated heterocycles. The van der Waals surface area contributed by atoms with Crippen molar-refractivity contribution in [1.29, 1.82) is 0 Å². The van der Waals surface area contributed by atoms with Gasteiger partial charge in [0.15, 0.2) is 0 Å². The highest BCUT2D eigenvalue weighted by molar-refractivity contribution is 4.83. The molecule has 0 aliphatic heterocycles. The number of rotatable bonds is 5. The fraction of sp³-hybridized carbons (Fsp3) is 1.00. The van der Waals surface area contributed by atoms with Crippen LogP contribution in [-0.4, -0.2) is 30.7 Å². The van der Waals surface area contributed by atoms with E-state index in [1.54, 1.807) is 7.05 Å². The number of halogens is 3. The van der Waals surface area contributed by atoms with Gasteiger partial charge in [0, 0.05) is 6.04 Å². The van der Waals surface area contributed by atoms with Crippen LogP contribution in [0, 0.1) is 17.8 Å². The van der Waals surface area contributed by atoms with E-state index in [4.69, 9.17) is 0 Å². The molecule has 114 valence electrons. The van der Waals surface area contributed by atoms with Crippen molar-refractivity contribution in [2.45, 2.75) is 65.1 Å². The minimum Gasteiger partial charge on any atom is -0.295 e. The zero-order valence-corrected chi connectivity index (χ0v) is 12.6. The van der Waals surface area contributed by atoms with Gasteiger partial charge in [-0.1, -0.05) is 27.2 Å². The van der Waals surface area contributed by atoms with Crippen LogP contribution in [0.3, 0.4) is 0 Å². The summed E-state index contributed by atoms with van der Waals surface area (Å²) < 4.78 is 37.2. The van der Waals surface area contributed by atoms with Gasteiger partial charge in [-0.05, 0) is 50.5 Å². The zero-order chi connectivity index (χ0) is 14.6. The second-order valence-electron chi connectivity index (χ2n) is 6.42. The lowest BCUT2D eigenvalue weighted by molar-refractivity contribution is -0.149. The van der Waals surface area contributed by atoms with Gasteiger partial charge in [0.25, 0.3) is 0 Å². The van der Waals surface area contributed by atoms with Gasteiger partial charge < -0.3 is 0 Å². The highest BCUT2D eigenvalue weighted by Gasteiger charge is 2.34. The van der Waals surface area contributed by atoms with Crippen molar-refractivity contribution < 1.29 is 13.2 Å². The molecule has 4 heteroatoms. The third kappa shape index (κ3) is 5.33. The molecule has 1 aliphatic rings. The smallest absolute Gasteiger partial charge is 0.295 e. The van der Waals surface area contributed by atoms with Crippen LogP contribution in [0.1, 0.15) is 52.9 Å². The topological polar surface area (TPSA) is 3.24 Å². The van der Waals surface area contributed by atoms with E-state index >= 15 is 0 Å². The Hall–Kier alpha value is -0.250. The standard InChI is InChI=1S/C15H28F3N/c1-5-14(11(2)3)12-6-8-13(9-7-12)19(4)10-15(16,17)18/h11-14H,5-10H2,1-4H3. The Morgan fingerprint density at radius 2 is 1.63 bits per heavy atom. The van der Waals surface area contributed by atoms with Gasteiger partial charge >= 0.3 is 6.18 Å². The third-order valence-electron chi connectivity index (χ3n) is 4.73. The molecule has 1 rings (SSSR count). The minimum atomic E-state index is -4.07. The van der Waals surface area contributed by atoms with E-state index in [1.807, 2.05) is 0 Å². The summed E-state index contributed by atoms with van der Waals surface area (Å²) in [7, 11) is 1.61. The van der Waals surface area contributed by atoms with Crippen LogP contribution < -0.4 is 0 Å². The van der Waals surface area contributed by atoms with E-state index in [9.17, 15) is 13.2 Å². The van der Waals surface area contributed by atoms with E-state index in [0.29, 0.717) is 11.8 Å². The SMILES string of the molecule is CCC(C(C)C)C1CCC(N(C)CC(F)(F)F)CC1. The zero-order valence-electron chi connectivity index (χ0n) is 12.6. The van der Waals surface area contributed by atoms with Crippen LogP contribution >= 0.6 is 0 Å². The van der Waals surface area contributed by atoms with Crippen LogP contribution in [0.2, 0.25) is 0 Å². The molecule has 1 unspecified atom stereocenters. The lowest BCUT2D eigenvalue weighted by Gasteiger charge is -2.39. The first-order chi connectivity index (χ1) is 8.74. The number of hydrogen-bond donors (Lipinski definition) is 0. The normalized spacial score (nSPS) is 27.0. The fourth-order valence-electron chi connectivity index (χ4n) is 3.73. The molecule has 0 radical (unpaired) electrons. The molecule has 0 bridgehead atoms. The van der Waals surface area contributed by atoms with E-state index < -0.39 is 12.7 Å². The van der Waals surface area contributed by atoms with Gasteiger partial charge in [-0.25, -0.2) is 0 Å². The second kappa shape index (κ2) is 6.96. The van der Waals surface area contributed by atoms with Gasteiger partial charge in [-0.2, -0.15) is 13.2 Å². The molecule has 1 atom stereocenters. The molecule has 1 fully saturated rings. The minimum absolute atomic E-state index is 0.113. The average Bonchev–Trinajstić information content (AvgIpc) is 2.28. The summed E-state index contributed by atoms with van der Waals surface area (Å²) in [5.41, 5.74) is 0. The molecular formula is C15H28F3N. The highest BCUT2D eigenvalue weighted by Crippen LogP contribution is 2.37. The van der Waals surface area contributed by atoms with Crippen molar-refractivity contribution in [2.75, 3.05) is 13.6 Å². The molecule has 1 nitrogen and oxygen atoms in total. The molecule has 0 spiro atoms. The van der Waals surface area contributed by atoms with Crippen molar-refractivity contribution in [3.63, 3.8) is 0 Å². The molecular weight excluding hydrogens is 251 g/mol. The summed E-state index contributed by atoms with van der Waals surface area (Å²) >= 11 is 0. The quantitative estimate of drug-likeness (QED) is 0.703. The maximum atomic E-state index is 12.4. The van der Waals surface area contributed by atoms with Crippen LogP contribution in [0.15, 0.2) is 0 Å². The highest BCUT2D eigenvalue weighted by atomic mass is 19.4. The van der Waals surface area contributed by atoms with Crippen molar-refractivity contribution in [3.05, 3.63) is 0 Å². The average molecular weight is 279 g/mol. The summed E-state index contributed by atoms with van der Waals surface area (Å²) in [5.74, 6) is 2.12. The van der Waals surface area contributed by atoms with Gasteiger partial charge in [0.2, 0.25) is 0 Å². The number of hydrogen-bond acceptors (Lipinski definition) is 1. The van der Waals surface area contributed by atoms with Gasteiger partial charge in [0.05, 0.1) is 6.54 Å². The predicted molar refractivity (Wildman–Crippen MR) is 73.1 cm³/mol. The summed E-state index contributed by atoms with van der Waals surface area (Å²) in [6, 6.07) is 0.113. The molecule has 0 aromatic heterocycles. The largest absolute Gasteiger partial charge is 0.401 e. The van der Waals surface area contributed by atoms with Crippen molar-refractivity contribution in [1.82, 2.24) is 4.90 Å². The lowest BCUT2D eigenvalue weighted by Crippen LogP contribution is -2.41. The fourth-order valence-corrected chi connectivity index (χ4v) is 3.73. The summed E-state index contributed by atoms with van der Waals surface area (Å²) in [4.78, 5) is 1.49. The Labute approximate surface area is 115 Å². The Bertz CT molecular complexity index is 255. The molecule has 0 aromatic rings. The Morgan fingerprint density at radius 3 is 2.00 bits per heavy atom. The maximum Gasteiger partial charge on any atom is 0.401 e. The second-order valence-corrected chi connectivity index (χ2v) is 6.42. The van der Waals surface area contributed by atoms with Crippen molar-refractivity contribution in [2.24, 2.45) is 17.8 Å². The predicted octanol–water partition coefficient (Wildman–Crippen LogP) is 4.72. The summed E-state index contributed by atoms with van der Waals surface area (Å²) in [5, 5.41) is 0. The van der Waals surface area contributed by atoms with Gasteiger partial charge in [-0.15, -0.1) is 0 Å². The van der Waals surface area contributed by atoms with E-state index in [0.717, 1.165) is 31.6 Å². The molecule has 0 aromatic carbocycles. The van der Waals surface area contributed by atoms with Crippen molar-refractivity contribution in [3.8, 4) is 0 Å². The molecule has 0 amide bonds. The Balaban J connectivity index is 2.44. The van der Waals surface area contributed by atoms with Gasteiger partial charge in [0.1, 0.15) is 0 Å². The lowest BCUT2D eigenvalue weighted by atomic mass is 9.72.